The van der Waals surface area contributed by atoms with Crippen LogP contribution in [0, 0.1) is 40.9 Å². The second kappa shape index (κ2) is 48.3. The molecule has 0 saturated carbocycles. The van der Waals surface area contributed by atoms with Gasteiger partial charge in [-0.15, -0.1) is 5.10 Å². The van der Waals surface area contributed by atoms with E-state index in [0.29, 0.717) is 27.6 Å². The third kappa shape index (κ3) is 30.3. The molecule has 42 heteroatoms. The van der Waals surface area contributed by atoms with Crippen LogP contribution in [-0.4, -0.2) is 254 Å². The van der Waals surface area contributed by atoms with E-state index in [4.69, 9.17) is 28.3 Å². The summed E-state index contributed by atoms with van der Waals surface area (Å²) in [5.41, 5.74) is 24.5. The van der Waals surface area contributed by atoms with E-state index >= 15 is 43.2 Å². The third-order valence-electron chi connectivity index (χ3n) is 22.6. The molecule has 10 amide bonds. The normalized spacial score (nSPS) is 23.1. The van der Waals surface area contributed by atoms with Crippen molar-refractivity contribution in [2.24, 2.45) is 58.4 Å². The SMILES string of the molecule is C[C@@H](O)[C@@H]1NC(=O)[C@H]2CC(=O)[C@@H](NC(=O)CN)CSSC[C@H](NC(=O)[C@H](CCCNC(=N)N)CC(=O)[C@@H]3CCCN3C(=O)[C@H](CC(=O)O)CC1=O)C(=O)C[C@@H](CCCNC(N)=O)C(=O)N[C@@H](Cc1c[nH]c3ccccc13)C(=O)C[C@@H](CCC(N)=O)C(=O)N[C@H](C(=O)C[C@@H](Cc1ccc(O)cc1)C(=O)N(C)[C@@H](Cc1ccc(O)cc1)C(=O)O)CCCn1cc(nn1)C2. The fourth-order valence-corrected chi connectivity index (χ4v) is 18.1. The highest BCUT2D eigenvalue weighted by Crippen LogP contribution is 2.32. The van der Waals surface area contributed by atoms with Gasteiger partial charge in [0.05, 0.1) is 66.8 Å². The number of Topliss-reactive ketones (excluding diaryl/α,β-unsaturated/α-hetero) is 6. The first-order valence-corrected chi connectivity index (χ1v) is 44.1. The zero-order chi connectivity index (χ0) is 92.0. The van der Waals surface area contributed by atoms with Crippen molar-refractivity contribution in [2.45, 2.75) is 197 Å². The van der Waals surface area contributed by atoms with Gasteiger partial charge in [-0.2, -0.15) is 0 Å². The number of nitrogens with two attached hydrogens (primary N) is 4. The number of aliphatic hydroxyl groups is 1. The lowest BCUT2D eigenvalue weighted by Crippen LogP contribution is -2.52. The van der Waals surface area contributed by atoms with Gasteiger partial charge < -0.3 is 100 Å². The molecule has 3 aliphatic rings. The molecule has 40 nitrogen and oxygen atoms in total. The summed E-state index contributed by atoms with van der Waals surface area (Å²) in [6, 6.07) is 6.04. The number of guanidine groups is 1. The highest BCUT2D eigenvalue weighted by atomic mass is 33.1. The summed E-state index contributed by atoms with van der Waals surface area (Å²) in [6.07, 6.45) is -7.31. The van der Waals surface area contributed by atoms with E-state index in [2.05, 4.69) is 52.5 Å². The number of para-hydroxylation sites is 1. The largest absolute Gasteiger partial charge is 0.508 e. The number of aryl methyl sites for hydroxylation is 1. The van der Waals surface area contributed by atoms with Crippen LogP contribution in [0.25, 0.3) is 10.9 Å². The molecule has 682 valence electrons. The minimum atomic E-state index is -1.91. The average Bonchev–Trinajstić information content (AvgIpc) is 1.68. The maximum Gasteiger partial charge on any atom is 0.326 e. The summed E-state index contributed by atoms with van der Waals surface area (Å²) in [5, 5.41) is 88.1. The molecule has 0 spiro atoms. The molecular weight excluding hydrogens is 1680 g/mol. The van der Waals surface area contributed by atoms with Crippen LogP contribution in [0.15, 0.2) is 85.2 Å². The van der Waals surface area contributed by atoms with Crippen molar-refractivity contribution in [3.05, 3.63) is 108 Å². The number of aliphatic hydroxyl groups excluding tert-OH is 1. The summed E-state index contributed by atoms with van der Waals surface area (Å²) >= 11 is 0. The molecule has 8 rings (SSSR count). The standard InChI is InChI=1S/C84H112N18O22S2/c1-45(103)75-71(111)38-53(39-74(114)115)81(121)102-28-8-14-64(102)70(110)35-49(9-5-25-90-83(87)88)77(117)96-63-44-126-125-43-62(93-73(113)40-85)69(109)36-51(79(119)97-75)31-55-42-101(99-98-55)27-7-13-60(66(106)37-52(29-46-15-20-56(104)21-16-46)80(120)100(2)65(82(122)123)30-47-17-22-57(105)23-18-47)94-78(118)50(19-24-72(86)112)34-67(107)61(32-54-41-92-59-12-4-3-11-58(54)59)95-76(116)48(33-68(63)108)10-6-26-91-84(89)124/h3-4,11-12,15-18,20-23,41-42,45,48-53,60-65,75,92,103-105H,5-10,13-14,19,24-40,43-44,85H2,1-2H3,(H2,86,112)(H,93,113)(H,94,118)(H,95,116)(H,96,117)(H,97,119)(H,114,115)(H,122,123)(H4,87,88,90)(H3,89,91,124)/t45-,48-,49-,50-,51-,52-,53+,60+,61+,62+,63+,64+,65+,75+/m1/s1. The van der Waals surface area contributed by atoms with E-state index in [0.717, 1.165) is 38.3 Å². The predicted molar refractivity (Wildman–Crippen MR) is 458 cm³/mol. The van der Waals surface area contributed by atoms with E-state index in [-0.39, 0.29) is 120 Å². The second-order valence-electron chi connectivity index (χ2n) is 32.1. The zero-order valence-electron chi connectivity index (χ0n) is 70.0. The van der Waals surface area contributed by atoms with Crippen molar-refractivity contribution in [3.63, 3.8) is 0 Å². The number of fused-ring (bicyclic) bond motifs is 12. The number of primary amides is 2. The fourth-order valence-electron chi connectivity index (χ4n) is 15.7. The lowest BCUT2D eigenvalue weighted by Gasteiger charge is -2.30. The highest BCUT2D eigenvalue weighted by molar-refractivity contribution is 8.76. The van der Waals surface area contributed by atoms with E-state index < -0.39 is 266 Å². The molecule has 2 saturated heterocycles. The predicted octanol–water partition coefficient (Wildman–Crippen LogP) is 0.200. The number of H-pyrrole nitrogens is 1. The number of benzene rings is 3. The molecule has 5 heterocycles. The Morgan fingerprint density at radius 3 is 1.90 bits per heavy atom. The van der Waals surface area contributed by atoms with Gasteiger partial charge in [-0.25, -0.2) is 9.59 Å². The number of amides is 10. The molecule has 3 aliphatic heterocycles. The van der Waals surface area contributed by atoms with Gasteiger partial charge in [0.15, 0.2) is 40.7 Å². The topological polar surface area (TPSA) is 656 Å². The van der Waals surface area contributed by atoms with Crippen molar-refractivity contribution in [1.82, 2.24) is 67.0 Å². The quantitative estimate of drug-likeness (QED) is 0.0138. The number of carboxylic acids is 2. The first kappa shape index (κ1) is 99.2. The number of hydrogen-bond donors (Lipinski definition) is 18. The summed E-state index contributed by atoms with van der Waals surface area (Å²) < 4.78 is 1.27. The minimum absolute atomic E-state index is 0.00755. The Morgan fingerprint density at radius 2 is 1.27 bits per heavy atom. The summed E-state index contributed by atoms with van der Waals surface area (Å²) in [5.74, 6) is -26.2. The van der Waals surface area contributed by atoms with Crippen LogP contribution >= 0.6 is 21.6 Å². The van der Waals surface area contributed by atoms with Crippen LogP contribution < -0.4 is 60.2 Å². The van der Waals surface area contributed by atoms with Crippen LogP contribution in [0.5, 0.6) is 11.5 Å². The Bertz CT molecular complexity index is 4760. The molecular formula is C84H112N18O22S2. The zero-order valence-corrected chi connectivity index (χ0v) is 71.6. The molecule has 14 atom stereocenters. The Hall–Kier alpha value is -12.2. The maximum absolute atomic E-state index is 15.7. The summed E-state index contributed by atoms with van der Waals surface area (Å²) in [6.45, 7) is 0.00962. The average molecular weight is 1790 g/mol. The highest BCUT2D eigenvalue weighted by Gasteiger charge is 2.44. The van der Waals surface area contributed by atoms with E-state index in [1.807, 2.05) is 0 Å². The number of nitrogens with one attached hydrogen (secondary N) is 9. The van der Waals surface area contributed by atoms with Crippen molar-refractivity contribution in [1.29, 1.82) is 5.41 Å². The van der Waals surface area contributed by atoms with Gasteiger partial charge >= 0.3 is 18.0 Å². The minimum Gasteiger partial charge on any atom is -0.508 e. The van der Waals surface area contributed by atoms with Crippen LogP contribution in [0.4, 0.5) is 4.79 Å². The van der Waals surface area contributed by atoms with Crippen molar-refractivity contribution in [3.8, 4) is 11.5 Å². The lowest BCUT2D eigenvalue weighted by molar-refractivity contribution is -0.151. The number of phenols is 2. The van der Waals surface area contributed by atoms with Crippen LogP contribution in [-0.2, 0) is 109 Å². The van der Waals surface area contributed by atoms with Gasteiger partial charge in [0, 0.05) is 156 Å². The number of carbonyl (C=O) groups is 17. The van der Waals surface area contributed by atoms with Crippen LogP contribution in [0.2, 0.25) is 0 Å². The number of carboxylic acid groups (broad SMARTS) is 2. The number of urea groups is 1. The van der Waals surface area contributed by atoms with Gasteiger partial charge in [0.1, 0.15) is 23.6 Å². The van der Waals surface area contributed by atoms with Crippen LogP contribution in [0.1, 0.15) is 138 Å². The van der Waals surface area contributed by atoms with Crippen molar-refractivity contribution in [2.75, 3.05) is 44.7 Å². The monoisotopic (exact) mass is 1790 g/mol. The Kier molecular flexibility index (Phi) is 38.1. The maximum atomic E-state index is 15.7. The summed E-state index contributed by atoms with van der Waals surface area (Å²) in [4.78, 5) is 252. The number of likely N-dealkylation sites (N-methyl/N-ethyl adjacent to an activating group) is 1. The Morgan fingerprint density at radius 1 is 0.667 bits per heavy atom. The van der Waals surface area contributed by atoms with Gasteiger partial charge in [-0.3, -0.25) is 82.0 Å². The first-order valence-electron chi connectivity index (χ1n) is 41.7. The van der Waals surface area contributed by atoms with Crippen molar-refractivity contribution < 1.29 is 107 Å². The molecule has 2 fully saturated rings. The van der Waals surface area contributed by atoms with Gasteiger partial charge in [-0.05, 0) is 118 Å². The van der Waals surface area contributed by atoms with E-state index in [1.165, 1.54) is 66.5 Å². The number of aromatic hydroxyl groups is 2. The Labute approximate surface area is 733 Å². The van der Waals surface area contributed by atoms with Gasteiger partial charge in [-0.1, -0.05) is 69.3 Å². The lowest BCUT2D eigenvalue weighted by atomic mass is 9.87. The molecule has 0 aliphatic carbocycles. The molecule has 3 aromatic carbocycles. The molecule has 0 radical (unpaired) electrons. The molecule has 5 aromatic rings. The number of rotatable bonds is 28. The van der Waals surface area contributed by atoms with Gasteiger partial charge in [0.25, 0.3) is 0 Å². The number of hydrogen-bond acceptors (Lipinski definition) is 26. The number of ketones is 6. The fraction of sp³-hybridized carbons (Fsp3) is 0.524. The number of carbonyl (C=O) groups excluding carboxylic acids is 15. The number of aromatic nitrogens is 4. The molecule has 2 aromatic heterocycles. The van der Waals surface area contributed by atoms with E-state index in [9.17, 15) is 63.9 Å². The molecule has 22 N–H and O–H groups in total. The number of nitrogens with zero attached hydrogens (tertiary/aromatic N) is 5. The third-order valence-corrected chi connectivity index (χ3v) is 25.0. The van der Waals surface area contributed by atoms with Crippen molar-refractivity contribution >= 4 is 138 Å². The van der Waals surface area contributed by atoms with Gasteiger partial charge in [0.2, 0.25) is 47.3 Å². The van der Waals surface area contributed by atoms with Crippen LogP contribution in [0.3, 0.4) is 0 Å². The smallest absolute Gasteiger partial charge is 0.326 e. The number of aliphatic carboxylic acids is 2. The number of aromatic amines is 1. The first-order chi connectivity index (χ1) is 59.9. The Balaban J connectivity index is 1.29. The number of phenolic OH excluding ortho intramolecular Hbond substituents is 2. The van der Waals surface area contributed by atoms with E-state index in [1.54, 1.807) is 30.5 Å². The molecule has 126 heavy (non-hydrogen) atoms. The molecule has 0 unspecified atom stereocenters. The summed E-state index contributed by atoms with van der Waals surface area (Å²) in [7, 11) is 3.03. The molecule has 4 bridgehead atoms. The second-order valence-corrected chi connectivity index (χ2v) is 34.7.